The number of rotatable bonds is 8. The van der Waals surface area contributed by atoms with E-state index in [0.29, 0.717) is 19.4 Å². The Balaban J connectivity index is 1.70. The number of hydrogen-bond donors (Lipinski definition) is 1. The third kappa shape index (κ3) is 6.19. The highest BCUT2D eigenvalue weighted by atomic mass is 16.2. The summed E-state index contributed by atoms with van der Waals surface area (Å²) in [4.78, 5) is 27.9. The normalized spacial score (nSPS) is 15.0. The summed E-state index contributed by atoms with van der Waals surface area (Å²) in [5.41, 5.74) is 4.57. The third-order valence-electron chi connectivity index (χ3n) is 6.05. The van der Waals surface area contributed by atoms with Crippen molar-refractivity contribution in [2.75, 3.05) is 0 Å². The Morgan fingerprint density at radius 1 is 1.00 bits per heavy atom. The Hall–Kier alpha value is -2.62. The fraction of sp³-hybridized carbons (Fsp3) is 0.462. The molecule has 1 fully saturated rings. The van der Waals surface area contributed by atoms with Crippen LogP contribution in [0.25, 0.3) is 0 Å². The Morgan fingerprint density at radius 3 is 2.37 bits per heavy atom. The summed E-state index contributed by atoms with van der Waals surface area (Å²) in [6.07, 6.45) is 5.50. The van der Waals surface area contributed by atoms with E-state index >= 15 is 0 Å². The molecule has 1 aliphatic carbocycles. The second kappa shape index (κ2) is 10.4. The third-order valence-corrected chi connectivity index (χ3v) is 6.05. The summed E-state index contributed by atoms with van der Waals surface area (Å²) in [6.45, 7) is 6.41. The van der Waals surface area contributed by atoms with Gasteiger partial charge in [-0.25, -0.2) is 0 Å². The molecule has 0 bridgehead atoms. The van der Waals surface area contributed by atoms with E-state index in [1.807, 2.05) is 32.0 Å². The molecule has 4 nitrogen and oxygen atoms in total. The van der Waals surface area contributed by atoms with Gasteiger partial charge in [-0.3, -0.25) is 9.59 Å². The van der Waals surface area contributed by atoms with Gasteiger partial charge >= 0.3 is 0 Å². The highest BCUT2D eigenvalue weighted by Crippen LogP contribution is 2.19. The summed E-state index contributed by atoms with van der Waals surface area (Å²) < 4.78 is 0. The van der Waals surface area contributed by atoms with E-state index in [2.05, 4.69) is 42.6 Å². The van der Waals surface area contributed by atoms with E-state index in [0.717, 1.165) is 29.5 Å². The zero-order valence-electron chi connectivity index (χ0n) is 18.5. The molecular weight excluding hydrogens is 372 g/mol. The van der Waals surface area contributed by atoms with Gasteiger partial charge in [0.1, 0.15) is 6.04 Å². The van der Waals surface area contributed by atoms with E-state index in [9.17, 15) is 9.59 Å². The van der Waals surface area contributed by atoms with Gasteiger partial charge in [0.2, 0.25) is 11.8 Å². The molecule has 0 spiro atoms. The van der Waals surface area contributed by atoms with Gasteiger partial charge in [-0.05, 0) is 51.2 Å². The number of aryl methyl sites for hydroxylation is 3. The topological polar surface area (TPSA) is 49.4 Å². The highest BCUT2D eigenvalue weighted by molar-refractivity contribution is 5.87. The Bertz CT molecular complexity index is 854. The molecule has 0 aromatic heterocycles. The van der Waals surface area contributed by atoms with Crippen LogP contribution in [0.1, 0.15) is 61.3 Å². The number of amides is 2. The molecule has 0 radical (unpaired) electrons. The fourth-order valence-electron chi connectivity index (χ4n) is 4.13. The molecule has 30 heavy (non-hydrogen) atoms. The lowest BCUT2D eigenvalue weighted by molar-refractivity contribution is -0.140. The molecule has 3 rings (SSSR count). The molecule has 1 N–H and O–H groups in total. The second-order valence-corrected chi connectivity index (χ2v) is 8.66. The van der Waals surface area contributed by atoms with Crippen molar-refractivity contribution in [2.45, 2.75) is 77.9 Å². The minimum Gasteiger partial charge on any atom is -0.352 e. The first-order valence-corrected chi connectivity index (χ1v) is 11.1. The molecule has 2 aromatic rings. The molecule has 0 saturated heterocycles. The van der Waals surface area contributed by atoms with E-state index < -0.39 is 6.04 Å². The predicted molar refractivity (Wildman–Crippen MR) is 121 cm³/mol. The number of carbonyl (C=O) groups excluding carboxylic acids is 2. The maximum Gasteiger partial charge on any atom is 0.242 e. The van der Waals surface area contributed by atoms with E-state index in [1.54, 1.807) is 4.90 Å². The maximum absolute atomic E-state index is 13.2. The van der Waals surface area contributed by atoms with Crippen LogP contribution in [0.3, 0.4) is 0 Å². The van der Waals surface area contributed by atoms with Crippen LogP contribution in [-0.4, -0.2) is 28.8 Å². The van der Waals surface area contributed by atoms with Crippen LogP contribution in [0, 0.1) is 13.8 Å². The SMILES string of the molecule is Cc1ccc(CCC(=O)N(Cc2cccc(C)c2)C(C)C(=O)NC2CCCC2)cc1. The molecular formula is C26H34N2O2. The van der Waals surface area contributed by atoms with Gasteiger partial charge in [-0.2, -0.15) is 0 Å². The van der Waals surface area contributed by atoms with Crippen molar-refractivity contribution in [1.29, 1.82) is 0 Å². The Kier molecular flexibility index (Phi) is 7.67. The van der Waals surface area contributed by atoms with Crippen LogP contribution < -0.4 is 5.32 Å². The lowest BCUT2D eigenvalue weighted by Gasteiger charge is -2.30. The molecule has 0 aliphatic heterocycles. The van der Waals surface area contributed by atoms with Crippen LogP contribution >= 0.6 is 0 Å². The number of carbonyl (C=O) groups is 2. The van der Waals surface area contributed by atoms with E-state index in [1.165, 1.54) is 18.4 Å². The van der Waals surface area contributed by atoms with Crippen molar-refractivity contribution in [2.24, 2.45) is 0 Å². The smallest absolute Gasteiger partial charge is 0.242 e. The molecule has 1 atom stereocenters. The van der Waals surface area contributed by atoms with Crippen molar-refractivity contribution in [3.8, 4) is 0 Å². The minimum atomic E-state index is -0.489. The maximum atomic E-state index is 13.2. The van der Waals surface area contributed by atoms with Crippen LogP contribution in [0.2, 0.25) is 0 Å². The quantitative estimate of drug-likeness (QED) is 0.690. The largest absolute Gasteiger partial charge is 0.352 e. The summed E-state index contributed by atoms with van der Waals surface area (Å²) >= 11 is 0. The van der Waals surface area contributed by atoms with Crippen molar-refractivity contribution < 1.29 is 9.59 Å². The average molecular weight is 407 g/mol. The van der Waals surface area contributed by atoms with E-state index in [-0.39, 0.29) is 17.9 Å². The van der Waals surface area contributed by atoms with Gasteiger partial charge in [0.05, 0.1) is 0 Å². The monoisotopic (exact) mass is 406 g/mol. The van der Waals surface area contributed by atoms with Gasteiger partial charge in [0.15, 0.2) is 0 Å². The zero-order chi connectivity index (χ0) is 21.5. The second-order valence-electron chi connectivity index (χ2n) is 8.66. The van der Waals surface area contributed by atoms with Gasteiger partial charge in [-0.15, -0.1) is 0 Å². The molecule has 2 amide bonds. The molecule has 1 unspecified atom stereocenters. The van der Waals surface area contributed by atoms with Gasteiger partial charge in [0.25, 0.3) is 0 Å². The van der Waals surface area contributed by atoms with E-state index in [4.69, 9.17) is 0 Å². The molecule has 160 valence electrons. The molecule has 0 heterocycles. The molecule has 1 saturated carbocycles. The summed E-state index contributed by atoms with van der Waals surface area (Å²) in [5.74, 6) is -0.0237. The molecule has 4 heteroatoms. The van der Waals surface area contributed by atoms with Gasteiger partial charge in [0, 0.05) is 19.0 Å². The Labute approximate surface area is 180 Å². The van der Waals surface area contributed by atoms with Crippen LogP contribution in [0.5, 0.6) is 0 Å². The first-order valence-electron chi connectivity index (χ1n) is 11.1. The lowest BCUT2D eigenvalue weighted by Crippen LogP contribution is -2.49. The van der Waals surface area contributed by atoms with Crippen molar-refractivity contribution in [3.63, 3.8) is 0 Å². The lowest BCUT2D eigenvalue weighted by atomic mass is 10.1. The van der Waals surface area contributed by atoms with Gasteiger partial charge in [-0.1, -0.05) is 72.5 Å². The number of benzene rings is 2. The van der Waals surface area contributed by atoms with Crippen LogP contribution in [0.4, 0.5) is 0 Å². The van der Waals surface area contributed by atoms with Crippen molar-refractivity contribution in [3.05, 3.63) is 70.8 Å². The minimum absolute atomic E-state index is 0.0196. The number of nitrogens with zero attached hydrogens (tertiary/aromatic N) is 1. The number of hydrogen-bond acceptors (Lipinski definition) is 2. The first kappa shape index (κ1) is 22.1. The average Bonchev–Trinajstić information content (AvgIpc) is 3.24. The summed E-state index contributed by atoms with van der Waals surface area (Å²) in [7, 11) is 0. The first-order chi connectivity index (χ1) is 14.4. The van der Waals surface area contributed by atoms with Gasteiger partial charge < -0.3 is 10.2 Å². The number of nitrogens with one attached hydrogen (secondary N) is 1. The van der Waals surface area contributed by atoms with Crippen molar-refractivity contribution in [1.82, 2.24) is 10.2 Å². The standard InChI is InChI=1S/C26H34N2O2/c1-19-11-13-22(14-12-19)15-16-25(29)28(18-23-8-6-7-20(2)17-23)21(3)26(30)27-24-9-4-5-10-24/h6-8,11-14,17,21,24H,4-5,9-10,15-16,18H2,1-3H3,(H,27,30). The molecule has 2 aromatic carbocycles. The fourth-order valence-corrected chi connectivity index (χ4v) is 4.13. The van der Waals surface area contributed by atoms with Crippen LogP contribution in [0.15, 0.2) is 48.5 Å². The predicted octanol–water partition coefficient (Wildman–Crippen LogP) is 4.71. The Morgan fingerprint density at radius 2 is 1.70 bits per heavy atom. The summed E-state index contributed by atoms with van der Waals surface area (Å²) in [6, 6.07) is 16.2. The van der Waals surface area contributed by atoms with Crippen molar-refractivity contribution >= 4 is 11.8 Å². The zero-order valence-corrected chi connectivity index (χ0v) is 18.5. The van der Waals surface area contributed by atoms with Crippen LogP contribution in [-0.2, 0) is 22.6 Å². The molecule has 1 aliphatic rings. The summed E-state index contributed by atoms with van der Waals surface area (Å²) in [5, 5.41) is 3.16. The highest BCUT2D eigenvalue weighted by Gasteiger charge is 2.28.